The monoisotopic (exact) mass is 404 g/mol. The zero-order chi connectivity index (χ0) is 18.2. The lowest BCUT2D eigenvalue weighted by atomic mass is 10.3. The van der Waals surface area contributed by atoms with Gasteiger partial charge >= 0.3 is 0 Å². The van der Waals surface area contributed by atoms with Crippen LogP contribution in [0.3, 0.4) is 0 Å². The highest BCUT2D eigenvalue weighted by molar-refractivity contribution is 7.99. The predicted molar refractivity (Wildman–Crippen MR) is 107 cm³/mol. The molecule has 2 aromatic carbocycles. The Hall–Kier alpha value is -1.96. The van der Waals surface area contributed by atoms with Crippen molar-refractivity contribution in [2.24, 2.45) is 0 Å². The number of benzene rings is 2. The van der Waals surface area contributed by atoms with Gasteiger partial charge in [-0.25, -0.2) is 0 Å². The van der Waals surface area contributed by atoms with Crippen LogP contribution in [0.5, 0.6) is 0 Å². The van der Waals surface area contributed by atoms with Crippen LogP contribution in [0.25, 0.3) is 5.69 Å². The summed E-state index contributed by atoms with van der Waals surface area (Å²) in [5.74, 6) is 1.10. The van der Waals surface area contributed by atoms with Gasteiger partial charge in [-0.1, -0.05) is 47.6 Å². The zero-order valence-corrected chi connectivity index (χ0v) is 16.2. The van der Waals surface area contributed by atoms with Crippen LogP contribution in [0.4, 0.5) is 0 Å². The summed E-state index contributed by atoms with van der Waals surface area (Å²) in [6, 6.07) is 17.5. The molecule has 26 heavy (non-hydrogen) atoms. The molecular weight excluding hydrogens is 388 g/mol. The quantitative estimate of drug-likeness (QED) is 0.455. The van der Waals surface area contributed by atoms with Crippen molar-refractivity contribution in [1.29, 1.82) is 0 Å². The number of amides is 1. The third kappa shape index (κ3) is 5.52. The Morgan fingerprint density at radius 1 is 1.12 bits per heavy atom. The van der Waals surface area contributed by atoms with Crippen molar-refractivity contribution in [3.05, 3.63) is 65.9 Å². The number of hydrogen-bond acceptors (Lipinski definition) is 5. The highest BCUT2D eigenvalue weighted by Gasteiger charge is 2.10. The summed E-state index contributed by atoms with van der Waals surface area (Å²) in [6.45, 7) is 0.625. The molecule has 8 heteroatoms. The second kappa shape index (κ2) is 9.66. The lowest BCUT2D eigenvalue weighted by Gasteiger charge is -2.07. The molecule has 0 spiro atoms. The van der Waals surface area contributed by atoms with Crippen LogP contribution in [-0.4, -0.2) is 38.7 Å². The van der Waals surface area contributed by atoms with Crippen molar-refractivity contribution < 1.29 is 4.79 Å². The lowest BCUT2D eigenvalue weighted by Crippen LogP contribution is -2.27. The molecule has 1 heterocycles. The molecule has 0 saturated heterocycles. The second-order valence-corrected chi connectivity index (χ2v) is 7.81. The number of nitrogens with zero attached hydrogens (tertiary/aromatic N) is 3. The third-order valence-corrected chi connectivity index (χ3v) is 5.56. The molecule has 1 N–H and O–H groups in total. The van der Waals surface area contributed by atoms with Crippen molar-refractivity contribution in [3.8, 4) is 5.69 Å². The highest BCUT2D eigenvalue weighted by Crippen LogP contribution is 2.21. The Balaban J connectivity index is 1.44. The maximum Gasteiger partial charge on any atom is 0.230 e. The van der Waals surface area contributed by atoms with E-state index in [-0.39, 0.29) is 11.7 Å². The average molecular weight is 405 g/mol. The molecule has 3 aromatic rings. The van der Waals surface area contributed by atoms with Gasteiger partial charge in [0.25, 0.3) is 0 Å². The molecule has 0 aliphatic heterocycles. The predicted octanol–water partition coefficient (Wildman–Crippen LogP) is 3.92. The molecule has 0 aliphatic rings. The first-order valence-corrected chi connectivity index (χ1v) is 10.3. The SMILES string of the molecule is O=C(CSc1nncn1-c1cccc(Cl)c1)NCCSc1ccccc1. The van der Waals surface area contributed by atoms with Gasteiger partial charge in [0.1, 0.15) is 6.33 Å². The maximum atomic E-state index is 12.0. The summed E-state index contributed by atoms with van der Waals surface area (Å²) >= 11 is 9.09. The first-order valence-electron chi connectivity index (χ1n) is 7.96. The van der Waals surface area contributed by atoms with E-state index in [1.54, 1.807) is 18.1 Å². The van der Waals surface area contributed by atoms with Crippen LogP contribution < -0.4 is 5.32 Å². The molecule has 134 valence electrons. The number of thioether (sulfide) groups is 2. The fourth-order valence-electron chi connectivity index (χ4n) is 2.18. The van der Waals surface area contributed by atoms with Crippen molar-refractivity contribution >= 4 is 41.0 Å². The van der Waals surface area contributed by atoms with Gasteiger partial charge in [0.2, 0.25) is 5.91 Å². The van der Waals surface area contributed by atoms with E-state index in [1.165, 1.54) is 16.7 Å². The van der Waals surface area contributed by atoms with E-state index in [2.05, 4.69) is 27.6 Å². The summed E-state index contributed by atoms with van der Waals surface area (Å²) in [7, 11) is 0. The van der Waals surface area contributed by atoms with Gasteiger partial charge in [-0.3, -0.25) is 9.36 Å². The number of carbonyl (C=O) groups excluding carboxylic acids is 1. The summed E-state index contributed by atoms with van der Waals surface area (Å²) in [5.41, 5.74) is 0.865. The van der Waals surface area contributed by atoms with E-state index in [1.807, 2.05) is 47.0 Å². The number of halogens is 1. The van der Waals surface area contributed by atoms with Crippen LogP contribution in [0.1, 0.15) is 0 Å². The lowest BCUT2D eigenvalue weighted by molar-refractivity contribution is -0.118. The standard InChI is InChI=1S/C18H17ClN4OS2/c19-14-5-4-6-15(11-14)23-13-21-22-18(23)26-12-17(24)20-9-10-25-16-7-2-1-3-8-16/h1-8,11,13H,9-10,12H2,(H,20,24). The number of hydrogen-bond donors (Lipinski definition) is 1. The van der Waals surface area contributed by atoms with E-state index in [4.69, 9.17) is 11.6 Å². The normalized spacial score (nSPS) is 10.7. The van der Waals surface area contributed by atoms with Gasteiger partial charge in [0.05, 0.1) is 11.4 Å². The average Bonchev–Trinajstić information content (AvgIpc) is 3.13. The highest BCUT2D eigenvalue weighted by atomic mass is 35.5. The summed E-state index contributed by atoms with van der Waals surface area (Å²) in [4.78, 5) is 13.2. The van der Waals surface area contributed by atoms with Gasteiger partial charge in [0.15, 0.2) is 5.16 Å². The van der Waals surface area contributed by atoms with Crippen molar-refractivity contribution in [2.45, 2.75) is 10.1 Å². The van der Waals surface area contributed by atoms with Gasteiger partial charge in [-0.05, 0) is 30.3 Å². The molecule has 0 atom stereocenters. The van der Waals surface area contributed by atoms with Crippen LogP contribution in [0, 0.1) is 0 Å². The number of nitrogens with one attached hydrogen (secondary N) is 1. The smallest absolute Gasteiger partial charge is 0.230 e. The van der Waals surface area contributed by atoms with E-state index in [0.717, 1.165) is 11.4 Å². The molecular formula is C18H17ClN4OS2. The number of carbonyl (C=O) groups is 1. The van der Waals surface area contributed by atoms with Crippen molar-refractivity contribution in [1.82, 2.24) is 20.1 Å². The first-order chi connectivity index (χ1) is 12.7. The third-order valence-electron chi connectivity index (χ3n) is 3.37. The van der Waals surface area contributed by atoms with Gasteiger partial charge in [-0.2, -0.15) is 0 Å². The zero-order valence-electron chi connectivity index (χ0n) is 13.8. The number of aromatic nitrogens is 3. The molecule has 0 fully saturated rings. The topological polar surface area (TPSA) is 59.8 Å². The second-order valence-electron chi connectivity index (χ2n) is 5.26. The van der Waals surface area contributed by atoms with E-state index in [9.17, 15) is 4.79 Å². The molecule has 0 bridgehead atoms. The Bertz CT molecular complexity index is 857. The van der Waals surface area contributed by atoms with Crippen molar-refractivity contribution in [3.63, 3.8) is 0 Å². The Labute approximate surface area is 165 Å². The van der Waals surface area contributed by atoms with Crippen LogP contribution >= 0.6 is 35.1 Å². The van der Waals surface area contributed by atoms with Crippen molar-refractivity contribution in [2.75, 3.05) is 18.1 Å². The Morgan fingerprint density at radius 3 is 2.77 bits per heavy atom. The van der Waals surface area contributed by atoms with E-state index in [0.29, 0.717) is 16.7 Å². The maximum absolute atomic E-state index is 12.0. The Morgan fingerprint density at radius 2 is 1.96 bits per heavy atom. The summed E-state index contributed by atoms with van der Waals surface area (Å²) < 4.78 is 1.81. The molecule has 0 unspecified atom stereocenters. The van der Waals surface area contributed by atoms with Gasteiger partial charge in [-0.15, -0.1) is 22.0 Å². The minimum atomic E-state index is -0.0238. The van der Waals surface area contributed by atoms with E-state index >= 15 is 0 Å². The van der Waals surface area contributed by atoms with Crippen LogP contribution in [-0.2, 0) is 4.79 Å². The molecule has 0 radical (unpaired) electrons. The largest absolute Gasteiger partial charge is 0.355 e. The van der Waals surface area contributed by atoms with Gasteiger partial charge in [0, 0.05) is 22.2 Å². The van der Waals surface area contributed by atoms with Crippen LogP contribution in [0.2, 0.25) is 5.02 Å². The first kappa shape index (κ1) is 18.8. The molecule has 5 nitrogen and oxygen atoms in total. The molecule has 1 aromatic heterocycles. The summed E-state index contributed by atoms with van der Waals surface area (Å²) in [5, 5.41) is 12.2. The molecule has 1 amide bonds. The molecule has 0 saturated carbocycles. The fraction of sp³-hybridized carbons (Fsp3) is 0.167. The minimum Gasteiger partial charge on any atom is -0.355 e. The van der Waals surface area contributed by atoms with Crippen LogP contribution in [0.15, 0.2) is 71.0 Å². The fourth-order valence-corrected chi connectivity index (χ4v) is 3.92. The molecule has 3 rings (SSSR count). The minimum absolute atomic E-state index is 0.0238. The molecule has 0 aliphatic carbocycles. The van der Waals surface area contributed by atoms with Gasteiger partial charge < -0.3 is 5.32 Å². The van der Waals surface area contributed by atoms with E-state index < -0.39 is 0 Å². The Kier molecular flexibility index (Phi) is 6.99. The number of rotatable bonds is 8. The summed E-state index contributed by atoms with van der Waals surface area (Å²) in [6.07, 6.45) is 1.61.